The molecule has 202 valence electrons. The molecule has 3 atom stereocenters. The van der Waals surface area contributed by atoms with Crippen LogP contribution < -0.4 is 5.32 Å². The van der Waals surface area contributed by atoms with Crippen molar-refractivity contribution in [3.8, 4) is 0 Å². The molecular weight excluding hydrogens is 465 g/mol. The maximum Gasteiger partial charge on any atom is 0.401 e. The van der Waals surface area contributed by atoms with Crippen molar-refractivity contribution in [3.05, 3.63) is 0 Å². The van der Waals surface area contributed by atoms with Gasteiger partial charge in [0.2, 0.25) is 5.91 Å². The highest BCUT2D eigenvalue weighted by molar-refractivity contribution is 5.95. The van der Waals surface area contributed by atoms with Crippen molar-refractivity contribution in [3.63, 3.8) is 0 Å². The van der Waals surface area contributed by atoms with Crippen LogP contribution in [0.1, 0.15) is 46.5 Å². The lowest BCUT2D eigenvalue weighted by Gasteiger charge is -2.50. The molecule has 0 unspecified atom stereocenters. The molecule has 3 rings (SSSR count). The highest BCUT2D eigenvalue weighted by Crippen LogP contribution is 2.46. The van der Waals surface area contributed by atoms with Crippen LogP contribution in [0.3, 0.4) is 0 Å². The summed E-state index contributed by atoms with van der Waals surface area (Å²) in [5.74, 6) is -2.05. The fraction of sp³-hybridized carbons (Fsp3) is 0.917. The molecule has 1 N–H and O–H groups in total. The van der Waals surface area contributed by atoms with E-state index in [0.717, 1.165) is 11.4 Å². The third kappa shape index (κ3) is 7.30. The van der Waals surface area contributed by atoms with Crippen molar-refractivity contribution < 1.29 is 32.2 Å². The van der Waals surface area contributed by atoms with E-state index in [-0.39, 0.29) is 30.5 Å². The van der Waals surface area contributed by atoms with Crippen LogP contribution in [0.15, 0.2) is 0 Å². The minimum atomic E-state index is -4.37. The number of piperidine rings is 1. The first-order chi connectivity index (χ1) is 16.2. The third-order valence-electron chi connectivity index (χ3n) is 7.28. The molecule has 2 saturated heterocycles. The number of nitrogens with one attached hydrogen (secondary N) is 1. The number of likely N-dealkylation sites (tertiary alicyclic amines) is 1. The Hall–Kier alpha value is -1.43. The summed E-state index contributed by atoms with van der Waals surface area (Å²) in [5, 5.41) is 2.85. The Morgan fingerprint density at radius 1 is 1.17 bits per heavy atom. The molecule has 2 heterocycles. The molecule has 3 amide bonds. The van der Waals surface area contributed by atoms with E-state index < -0.39 is 36.4 Å². The van der Waals surface area contributed by atoms with Gasteiger partial charge < -0.3 is 19.7 Å². The summed E-state index contributed by atoms with van der Waals surface area (Å²) < 4.78 is 51.9. The maximum atomic E-state index is 13.5. The molecule has 0 aromatic rings. The monoisotopic (exact) mass is 506 g/mol. The van der Waals surface area contributed by atoms with Gasteiger partial charge in [0.05, 0.1) is 25.7 Å². The number of rotatable bonds is 7. The number of imide groups is 1. The Kier molecular flexibility index (Phi) is 8.77. The largest absolute Gasteiger partial charge is 0.401 e. The molecule has 8 nitrogen and oxygen atoms in total. The van der Waals surface area contributed by atoms with Gasteiger partial charge in [0, 0.05) is 45.1 Å². The summed E-state index contributed by atoms with van der Waals surface area (Å²) in [5.41, 5.74) is -0.207. The highest BCUT2D eigenvalue weighted by Gasteiger charge is 2.52. The molecule has 3 aliphatic rings. The van der Waals surface area contributed by atoms with Crippen molar-refractivity contribution in [2.75, 3.05) is 60.0 Å². The van der Waals surface area contributed by atoms with Gasteiger partial charge in [-0.15, -0.1) is 0 Å². The lowest BCUT2D eigenvalue weighted by atomic mass is 9.72. The van der Waals surface area contributed by atoms with Crippen LogP contribution in [0.2, 0.25) is 0 Å². The zero-order valence-corrected chi connectivity index (χ0v) is 21.6. The number of amides is 3. The van der Waals surface area contributed by atoms with Crippen LogP contribution in [-0.2, 0) is 14.3 Å². The van der Waals surface area contributed by atoms with Gasteiger partial charge in [0.1, 0.15) is 0 Å². The van der Waals surface area contributed by atoms with Crippen molar-refractivity contribution in [2.45, 2.75) is 64.5 Å². The lowest BCUT2D eigenvalue weighted by Crippen LogP contribution is -2.59. The molecule has 1 aliphatic carbocycles. The number of alkyl halides is 3. The van der Waals surface area contributed by atoms with Crippen LogP contribution in [-0.4, -0.2) is 105 Å². The number of halogens is 3. The van der Waals surface area contributed by atoms with Crippen molar-refractivity contribution >= 4 is 11.9 Å². The van der Waals surface area contributed by atoms with Gasteiger partial charge in [-0.05, 0) is 45.2 Å². The van der Waals surface area contributed by atoms with Crippen molar-refractivity contribution in [1.29, 1.82) is 0 Å². The van der Waals surface area contributed by atoms with Crippen LogP contribution in [0.4, 0.5) is 18.0 Å². The number of hydrogen-bond acceptors (Lipinski definition) is 6. The number of ether oxygens (including phenoxy) is 2. The van der Waals surface area contributed by atoms with Gasteiger partial charge in [0.15, 0.2) is 5.79 Å². The van der Waals surface area contributed by atoms with Crippen molar-refractivity contribution in [1.82, 2.24) is 20.0 Å². The first-order valence-corrected chi connectivity index (χ1v) is 12.6. The quantitative estimate of drug-likeness (QED) is 0.573. The minimum absolute atomic E-state index is 0.00979. The molecule has 1 spiro atoms. The van der Waals surface area contributed by atoms with E-state index in [2.05, 4.69) is 5.32 Å². The summed E-state index contributed by atoms with van der Waals surface area (Å²) in [6.45, 7) is 6.89. The maximum absolute atomic E-state index is 13.5. The fourth-order valence-corrected chi connectivity index (χ4v) is 6.11. The number of urea groups is 1. The van der Waals surface area contributed by atoms with E-state index >= 15 is 0 Å². The molecule has 0 radical (unpaired) electrons. The second kappa shape index (κ2) is 10.9. The molecule has 0 bridgehead atoms. The smallest absolute Gasteiger partial charge is 0.348 e. The lowest BCUT2D eigenvalue weighted by molar-refractivity contribution is -0.213. The van der Waals surface area contributed by atoms with Crippen LogP contribution in [0, 0.1) is 17.3 Å². The standard InChI is InChI=1S/C24H41F3N4O4/c1-6-31(21(33)28-14-22(2,3)15-29(4)5)20(32)18-11-17-12-23(34-9-10-35-23)8-7-19(17)30(13-18)16-24(25,26)27/h17-19H,6-16H2,1-5H3,(H,28,33)/t17-,18-,19-/m1/s1. The predicted molar refractivity (Wildman–Crippen MR) is 125 cm³/mol. The van der Waals surface area contributed by atoms with E-state index in [1.54, 1.807) is 6.92 Å². The van der Waals surface area contributed by atoms with E-state index in [9.17, 15) is 22.8 Å². The molecule has 1 saturated carbocycles. The second-order valence-electron chi connectivity index (χ2n) is 11.3. The Labute approximate surface area is 206 Å². The van der Waals surface area contributed by atoms with Gasteiger partial charge >= 0.3 is 12.2 Å². The van der Waals surface area contributed by atoms with E-state index in [1.807, 2.05) is 32.8 Å². The van der Waals surface area contributed by atoms with Crippen LogP contribution in [0.5, 0.6) is 0 Å². The Morgan fingerprint density at radius 2 is 1.83 bits per heavy atom. The first kappa shape index (κ1) is 28.1. The van der Waals surface area contributed by atoms with Gasteiger partial charge in [-0.1, -0.05) is 13.8 Å². The zero-order valence-electron chi connectivity index (χ0n) is 21.6. The van der Waals surface area contributed by atoms with Gasteiger partial charge in [-0.25, -0.2) is 4.79 Å². The Balaban J connectivity index is 1.71. The normalized spacial score (nSPS) is 27.2. The molecule has 11 heteroatoms. The zero-order chi connectivity index (χ0) is 26.0. The average molecular weight is 507 g/mol. The van der Waals surface area contributed by atoms with Crippen LogP contribution in [0.25, 0.3) is 0 Å². The SMILES string of the molecule is CCN(C(=O)NCC(C)(C)CN(C)C)C(=O)[C@@H]1C[C@@H]2CC3(CC[C@H]2N(CC(F)(F)F)C1)OCCO3. The molecule has 0 aromatic heterocycles. The minimum Gasteiger partial charge on any atom is -0.348 e. The number of hydrogen-bond donors (Lipinski definition) is 1. The number of nitrogens with zero attached hydrogens (tertiary/aromatic N) is 3. The molecule has 3 fully saturated rings. The molecule has 0 aromatic carbocycles. The Bertz CT molecular complexity index is 756. The van der Waals surface area contributed by atoms with E-state index in [0.29, 0.717) is 45.4 Å². The van der Waals surface area contributed by atoms with Gasteiger partial charge in [0.25, 0.3) is 0 Å². The summed E-state index contributed by atoms with van der Waals surface area (Å²) in [4.78, 5) is 31.0. The van der Waals surface area contributed by atoms with Crippen molar-refractivity contribution in [2.24, 2.45) is 17.3 Å². The van der Waals surface area contributed by atoms with Gasteiger partial charge in [-0.3, -0.25) is 14.6 Å². The molecule has 35 heavy (non-hydrogen) atoms. The molecule has 2 aliphatic heterocycles. The van der Waals surface area contributed by atoms with E-state index in [4.69, 9.17) is 9.47 Å². The van der Waals surface area contributed by atoms with Gasteiger partial charge in [-0.2, -0.15) is 13.2 Å². The number of fused-ring (bicyclic) bond motifs is 1. The first-order valence-electron chi connectivity index (χ1n) is 12.6. The highest BCUT2D eigenvalue weighted by atomic mass is 19.4. The summed E-state index contributed by atoms with van der Waals surface area (Å²) >= 11 is 0. The summed E-state index contributed by atoms with van der Waals surface area (Å²) in [6.07, 6.45) is -2.41. The van der Waals surface area contributed by atoms with E-state index in [1.165, 1.54) is 4.90 Å². The predicted octanol–water partition coefficient (Wildman–Crippen LogP) is 2.93. The fourth-order valence-electron chi connectivity index (χ4n) is 6.11. The number of carbonyl (C=O) groups excluding carboxylic acids is 2. The second-order valence-corrected chi connectivity index (χ2v) is 11.3. The summed E-state index contributed by atoms with van der Waals surface area (Å²) in [6, 6.07) is -0.786. The topological polar surface area (TPSA) is 74.4 Å². The van der Waals surface area contributed by atoms with Crippen LogP contribution >= 0.6 is 0 Å². The third-order valence-corrected chi connectivity index (χ3v) is 7.28. The average Bonchev–Trinajstić information content (AvgIpc) is 3.17. The number of carbonyl (C=O) groups is 2. The molecular formula is C24H41F3N4O4. The Morgan fingerprint density at radius 3 is 2.40 bits per heavy atom. The summed E-state index contributed by atoms with van der Waals surface area (Å²) in [7, 11) is 3.90.